The maximum atomic E-state index is 8.85. The highest BCUT2D eigenvalue weighted by atomic mass is 32.2. The van der Waals surface area contributed by atoms with Crippen LogP contribution in [-0.4, -0.2) is 5.75 Å². The predicted molar refractivity (Wildman–Crippen MR) is 66.0 cm³/mol. The Bertz CT molecular complexity index is 365. The molecule has 0 radical (unpaired) electrons. The average Bonchev–Trinajstić information content (AvgIpc) is 2.22. The van der Waals surface area contributed by atoms with E-state index in [1.54, 1.807) is 11.8 Å². The number of aryl methyl sites for hydroxylation is 2. The van der Waals surface area contributed by atoms with Gasteiger partial charge in [-0.1, -0.05) is 24.6 Å². The first-order valence-corrected chi connectivity index (χ1v) is 6.25. The Kier molecular flexibility index (Phi) is 4.71. The predicted octanol–water partition coefficient (Wildman–Crippen LogP) is 3.95. The van der Waals surface area contributed by atoms with Crippen LogP contribution in [0.15, 0.2) is 23.1 Å². The third-order valence-corrected chi connectivity index (χ3v) is 3.78. The van der Waals surface area contributed by atoms with Crippen molar-refractivity contribution in [2.75, 3.05) is 5.75 Å². The van der Waals surface area contributed by atoms with Crippen LogP contribution < -0.4 is 0 Å². The SMILES string of the molecule is CCC(C#N)CSc1ccc(C)cc1C. The standard InChI is InChI=1S/C13H17NS/c1-4-12(8-14)9-15-13-6-5-10(2)7-11(13)3/h5-7,12H,4,9H2,1-3H3. The molecule has 0 saturated heterocycles. The fraction of sp³-hybridized carbons (Fsp3) is 0.462. The van der Waals surface area contributed by atoms with Crippen molar-refractivity contribution in [3.05, 3.63) is 29.3 Å². The van der Waals surface area contributed by atoms with Crippen LogP contribution in [0.3, 0.4) is 0 Å². The second kappa shape index (κ2) is 5.82. The molecule has 0 aromatic heterocycles. The van der Waals surface area contributed by atoms with Gasteiger partial charge in [0.05, 0.1) is 12.0 Å². The van der Waals surface area contributed by atoms with Gasteiger partial charge in [-0.2, -0.15) is 5.26 Å². The van der Waals surface area contributed by atoms with Crippen molar-refractivity contribution in [3.8, 4) is 6.07 Å². The first kappa shape index (κ1) is 12.1. The minimum absolute atomic E-state index is 0.177. The molecule has 2 heteroatoms. The number of hydrogen-bond donors (Lipinski definition) is 0. The Morgan fingerprint density at radius 1 is 1.40 bits per heavy atom. The van der Waals surface area contributed by atoms with Gasteiger partial charge in [0.25, 0.3) is 0 Å². The third-order valence-electron chi connectivity index (χ3n) is 2.45. The first-order valence-electron chi connectivity index (χ1n) is 5.27. The van der Waals surface area contributed by atoms with E-state index in [1.807, 2.05) is 0 Å². The maximum Gasteiger partial charge on any atom is 0.0664 e. The molecule has 0 bridgehead atoms. The zero-order valence-corrected chi connectivity index (χ0v) is 10.4. The molecule has 0 spiro atoms. The molecule has 0 amide bonds. The molecule has 0 aliphatic carbocycles. The zero-order valence-electron chi connectivity index (χ0n) is 9.58. The second-order valence-corrected chi connectivity index (χ2v) is 4.88. The van der Waals surface area contributed by atoms with Gasteiger partial charge in [-0.3, -0.25) is 0 Å². The van der Waals surface area contributed by atoms with Crippen LogP contribution >= 0.6 is 11.8 Å². The maximum absolute atomic E-state index is 8.85. The van der Waals surface area contributed by atoms with Gasteiger partial charge in [-0.15, -0.1) is 11.8 Å². The smallest absolute Gasteiger partial charge is 0.0664 e. The van der Waals surface area contributed by atoms with Crippen molar-refractivity contribution in [1.82, 2.24) is 0 Å². The molecule has 1 aromatic carbocycles. The molecule has 15 heavy (non-hydrogen) atoms. The molecule has 80 valence electrons. The Balaban J connectivity index is 2.62. The van der Waals surface area contributed by atoms with Crippen LogP contribution in [0.5, 0.6) is 0 Å². The van der Waals surface area contributed by atoms with Crippen molar-refractivity contribution in [1.29, 1.82) is 5.26 Å². The van der Waals surface area contributed by atoms with E-state index < -0.39 is 0 Å². The topological polar surface area (TPSA) is 23.8 Å². The lowest BCUT2D eigenvalue weighted by atomic mass is 10.1. The Morgan fingerprint density at radius 2 is 2.13 bits per heavy atom. The summed E-state index contributed by atoms with van der Waals surface area (Å²) >= 11 is 1.79. The number of nitriles is 1. The summed E-state index contributed by atoms with van der Waals surface area (Å²) in [6.45, 7) is 6.30. The van der Waals surface area contributed by atoms with Crippen LogP contribution in [0.1, 0.15) is 24.5 Å². The van der Waals surface area contributed by atoms with Crippen molar-refractivity contribution in [2.45, 2.75) is 32.1 Å². The van der Waals surface area contributed by atoms with E-state index >= 15 is 0 Å². The summed E-state index contributed by atoms with van der Waals surface area (Å²) in [4.78, 5) is 1.30. The van der Waals surface area contributed by atoms with Crippen molar-refractivity contribution < 1.29 is 0 Å². The van der Waals surface area contributed by atoms with Gasteiger partial charge < -0.3 is 0 Å². The number of nitrogens with zero attached hydrogens (tertiary/aromatic N) is 1. The van der Waals surface area contributed by atoms with Crippen LogP contribution in [0.4, 0.5) is 0 Å². The summed E-state index contributed by atoms with van der Waals surface area (Å²) < 4.78 is 0. The van der Waals surface area contributed by atoms with Crippen molar-refractivity contribution in [2.24, 2.45) is 5.92 Å². The van der Waals surface area contributed by atoms with Crippen LogP contribution in [0, 0.1) is 31.1 Å². The van der Waals surface area contributed by atoms with Gasteiger partial charge >= 0.3 is 0 Å². The summed E-state index contributed by atoms with van der Waals surface area (Å²) in [5.74, 6) is 1.08. The van der Waals surface area contributed by atoms with Crippen molar-refractivity contribution in [3.63, 3.8) is 0 Å². The van der Waals surface area contributed by atoms with Crippen LogP contribution in [-0.2, 0) is 0 Å². The molecule has 0 aliphatic rings. The molecule has 0 fully saturated rings. The summed E-state index contributed by atoms with van der Waals surface area (Å²) in [5.41, 5.74) is 2.61. The largest absolute Gasteiger partial charge is 0.198 e. The van der Waals surface area contributed by atoms with Gasteiger partial charge in [0.15, 0.2) is 0 Å². The summed E-state index contributed by atoms with van der Waals surface area (Å²) in [7, 11) is 0. The van der Waals surface area contributed by atoms with Crippen LogP contribution in [0.25, 0.3) is 0 Å². The van der Waals surface area contributed by atoms with E-state index in [4.69, 9.17) is 5.26 Å². The summed E-state index contributed by atoms with van der Waals surface area (Å²) in [6.07, 6.45) is 0.939. The van der Waals surface area contributed by atoms with Gasteiger partial charge in [0, 0.05) is 10.6 Å². The molecule has 1 atom stereocenters. The Hall–Kier alpha value is -0.940. The molecular formula is C13H17NS. The average molecular weight is 219 g/mol. The molecule has 1 rings (SSSR count). The lowest BCUT2D eigenvalue weighted by molar-refractivity contribution is 0.724. The molecular weight excluding hydrogens is 202 g/mol. The quantitative estimate of drug-likeness (QED) is 0.716. The molecule has 0 saturated carbocycles. The molecule has 1 nitrogen and oxygen atoms in total. The van der Waals surface area contributed by atoms with E-state index in [0.717, 1.165) is 12.2 Å². The van der Waals surface area contributed by atoms with E-state index in [-0.39, 0.29) is 5.92 Å². The van der Waals surface area contributed by atoms with Gasteiger partial charge in [-0.25, -0.2) is 0 Å². The number of benzene rings is 1. The van der Waals surface area contributed by atoms with Gasteiger partial charge in [0.1, 0.15) is 0 Å². The van der Waals surface area contributed by atoms with E-state index in [9.17, 15) is 0 Å². The molecule has 0 aliphatic heterocycles. The van der Waals surface area contributed by atoms with E-state index in [1.165, 1.54) is 16.0 Å². The second-order valence-electron chi connectivity index (χ2n) is 3.81. The minimum atomic E-state index is 0.177. The number of thioether (sulfide) groups is 1. The fourth-order valence-corrected chi connectivity index (χ4v) is 2.54. The lowest BCUT2D eigenvalue weighted by Gasteiger charge is -2.08. The molecule has 0 N–H and O–H groups in total. The van der Waals surface area contributed by atoms with E-state index in [2.05, 4.69) is 45.0 Å². The summed E-state index contributed by atoms with van der Waals surface area (Å²) in [6, 6.07) is 8.80. The first-order chi connectivity index (χ1) is 7.17. The minimum Gasteiger partial charge on any atom is -0.198 e. The monoisotopic (exact) mass is 219 g/mol. The summed E-state index contributed by atoms with van der Waals surface area (Å²) in [5, 5.41) is 8.85. The Labute approximate surface area is 96.5 Å². The zero-order chi connectivity index (χ0) is 11.3. The number of hydrogen-bond acceptors (Lipinski definition) is 2. The van der Waals surface area contributed by atoms with E-state index in [0.29, 0.717) is 0 Å². The molecule has 1 aromatic rings. The third kappa shape index (κ3) is 3.60. The van der Waals surface area contributed by atoms with Gasteiger partial charge in [0.2, 0.25) is 0 Å². The highest BCUT2D eigenvalue weighted by Crippen LogP contribution is 2.25. The fourth-order valence-electron chi connectivity index (χ4n) is 1.40. The Morgan fingerprint density at radius 3 is 2.67 bits per heavy atom. The normalized spacial score (nSPS) is 12.1. The molecule has 0 heterocycles. The van der Waals surface area contributed by atoms with Crippen LogP contribution in [0.2, 0.25) is 0 Å². The lowest BCUT2D eigenvalue weighted by Crippen LogP contribution is -1.98. The number of rotatable bonds is 4. The van der Waals surface area contributed by atoms with Crippen molar-refractivity contribution >= 4 is 11.8 Å². The van der Waals surface area contributed by atoms with Gasteiger partial charge in [-0.05, 0) is 31.9 Å². The highest BCUT2D eigenvalue weighted by Gasteiger charge is 2.06. The highest BCUT2D eigenvalue weighted by molar-refractivity contribution is 7.99. The molecule has 1 unspecified atom stereocenters.